The summed E-state index contributed by atoms with van der Waals surface area (Å²) in [5, 5.41) is 14.6. The molecule has 7 nitrogen and oxygen atoms in total. The van der Waals surface area contributed by atoms with E-state index in [-0.39, 0.29) is 35.3 Å². The van der Waals surface area contributed by atoms with Crippen molar-refractivity contribution in [3.63, 3.8) is 0 Å². The zero-order valence-electron chi connectivity index (χ0n) is 26.3. The number of hydrogen-bond donors (Lipinski definition) is 2. The van der Waals surface area contributed by atoms with Gasteiger partial charge in [-0.15, -0.1) is 0 Å². The van der Waals surface area contributed by atoms with Gasteiger partial charge in [-0.25, -0.2) is 4.79 Å². The Hall–Kier alpha value is -2.90. The third-order valence-electron chi connectivity index (χ3n) is 11.1. The number of carboxylic acids is 1. The number of ether oxygens (including phenoxy) is 2. The van der Waals surface area contributed by atoms with Gasteiger partial charge in [0.2, 0.25) is 5.91 Å². The van der Waals surface area contributed by atoms with Crippen LogP contribution in [0.15, 0.2) is 48.5 Å². The van der Waals surface area contributed by atoms with Gasteiger partial charge in [-0.2, -0.15) is 0 Å². The van der Waals surface area contributed by atoms with E-state index in [1.54, 1.807) is 19.1 Å². The molecule has 2 aromatic carbocycles. The van der Waals surface area contributed by atoms with Gasteiger partial charge in [-0.1, -0.05) is 69.7 Å². The highest BCUT2D eigenvalue weighted by Gasteiger charge is 2.59. The third-order valence-corrected chi connectivity index (χ3v) is 11.1. The first-order valence-corrected chi connectivity index (χ1v) is 16.1. The van der Waals surface area contributed by atoms with E-state index >= 15 is 0 Å². The van der Waals surface area contributed by atoms with Gasteiger partial charge >= 0.3 is 5.97 Å². The Morgan fingerprint density at radius 2 is 1.77 bits per heavy atom. The van der Waals surface area contributed by atoms with Crippen LogP contribution in [0, 0.1) is 23.2 Å². The van der Waals surface area contributed by atoms with Crippen LogP contribution in [-0.4, -0.2) is 54.3 Å². The molecule has 1 aliphatic heterocycles. The van der Waals surface area contributed by atoms with Gasteiger partial charge in [0.1, 0.15) is 11.8 Å². The second-order valence-corrected chi connectivity index (χ2v) is 14.7. The fourth-order valence-corrected chi connectivity index (χ4v) is 8.83. The van der Waals surface area contributed by atoms with Gasteiger partial charge in [0, 0.05) is 37.1 Å². The molecular formula is C36H48N2O5. The predicted octanol–water partition coefficient (Wildman–Crippen LogP) is 6.11. The molecule has 43 heavy (non-hydrogen) atoms. The lowest BCUT2D eigenvalue weighted by atomic mass is 9.42. The summed E-state index contributed by atoms with van der Waals surface area (Å²) >= 11 is 0. The Morgan fingerprint density at radius 1 is 1.05 bits per heavy atom. The molecule has 7 rings (SSSR count). The van der Waals surface area contributed by atoms with Gasteiger partial charge in [0.25, 0.3) is 0 Å². The highest BCUT2D eigenvalue weighted by Crippen LogP contribution is 2.65. The van der Waals surface area contributed by atoms with E-state index in [4.69, 9.17) is 9.47 Å². The number of amides is 1. The van der Waals surface area contributed by atoms with Crippen molar-refractivity contribution in [3.05, 3.63) is 65.2 Å². The number of rotatable bonds is 9. The molecule has 5 aliphatic rings. The van der Waals surface area contributed by atoms with E-state index in [1.807, 2.05) is 30.3 Å². The Bertz CT molecular complexity index is 1320. The number of likely N-dealkylation sites (tertiary alicyclic amines) is 1. The van der Waals surface area contributed by atoms with Crippen molar-refractivity contribution in [1.29, 1.82) is 0 Å². The monoisotopic (exact) mass is 588 g/mol. The van der Waals surface area contributed by atoms with Crippen molar-refractivity contribution in [3.8, 4) is 5.75 Å². The lowest BCUT2D eigenvalue weighted by molar-refractivity contribution is -0.155. The molecule has 1 saturated heterocycles. The fourth-order valence-electron chi connectivity index (χ4n) is 8.83. The maximum Gasteiger partial charge on any atom is 0.326 e. The van der Waals surface area contributed by atoms with Crippen molar-refractivity contribution in [1.82, 2.24) is 10.2 Å². The molecule has 2 aromatic rings. The van der Waals surface area contributed by atoms with Crippen molar-refractivity contribution < 1.29 is 24.2 Å². The lowest BCUT2D eigenvalue weighted by Gasteiger charge is -2.62. The van der Waals surface area contributed by atoms with Crippen molar-refractivity contribution >= 4 is 11.9 Å². The number of carboxylic acid groups (broad SMARTS) is 1. The van der Waals surface area contributed by atoms with Crippen LogP contribution >= 0.6 is 0 Å². The van der Waals surface area contributed by atoms with Crippen LogP contribution in [0.2, 0.25) is 0 Å². The summed E-state index contributed by atoms with van der Waals surface area (Å²) in [4.78, 5) is 29.5. The van der Waals surface area contributed by atoms with Crippen LogP contribution < -0.4 is 10.1 Å². The molecule has 5 fully saturated rings. The van der Waals surface area contributed by atoms with Crippen LogP contribution in [0.25, 0.3) is 0 Å². The van der Waals surface area contributed by atoms with Crippen molar-refractivity contribution in [2.24, 2.45) is 23.2 Å². The molecule has 2 bridgehead atoms. The molecule has 0 radical (unpaired) electrons. The van der Waals surface area contributed by atoms with Crippen LogP contribution in [0.4, 0.5) is 0 Å². The summed E-state index contributed by atoms with van der Waals surface area (Å²) in [6.45, 7) is 6.83. The van der Waals surface area contributed by atoms with E-state index in [0.29, 0.717) is 18.4 Å². The minimum Gasteiger partial charge on any atom is -0.496 e. The van der Waals surface area contributed by atoms with Crippen LogP contribution in [-0.2, 0) is 26.3 Å². The maximum atomic E-state index is 14.5. The molecule has 4 saturated carbocycles. The quantitative estimate of drug-likeness (QED) is 0.368. The number of benzene rings is 2. The van der Waals surface area contributed by atoms with E-state index in [2.05, 4.69) is 44.3 Å². The second kappa shape index (κ2) is 11.6. The lowest BCUT2D eigenvalue weighted by Crippen LogP contribution is -2.55. The topological polar surface area (TPSA) is 88.1 Å². The summed E-state index contributed by atoms with van der Waals surface area (Å²) in [6.07, 6.45) is 7.08. The number of carbonyl (C=O) groups excluding carboxylic acids is 1. The molecule has 7 heteroatoms. The summed E-state index contributed by atoms with van der Waals surface area (Å²) in [5.41, 5.74) is 3.37. The standard InChI is InChI=1S/C36H48N2O5/c1-35(2,3)29-30(37-21-25-16-26(14-15-28(25)43-5)36-18-22(19-36)20-36)31(23-10-7-6-8-11-23)38(32(29)34(40)41)33(39)24-12-9-13-27(17-24)42-4/h6-8,10-11,14-16,22,24,27,29-32,37H,9,12-13,17-21H2,1-5H3,(H,40,41)/t22?,24-,27-,29-,30-,31-,32-,36?/m0/s1. The normalized spacial score (nSPS) is 33.4. The molecule has 0 unspecified atom stereocenters. The van der Waals surface area contributed by atoms with Crippen molar-refractivity contribution in [2.45, 2.75) is 102 Å². The Kier molecular flexibility index (Phi) is 8.10. The minimum atomic E-state index is -0.952. The van der Waals surface area contributed by atoms with Gasteiger partial charge in [-0.3, -0.25) is 4.79 Å². The molecule has 6 atom stereocenters. The SMILES string of the molecule is COc1ccc(C23CC(C2)C3)cc1CN[C@H]1[C@H](C(C)(C)C)[C@@H](C(=O)O)N(C(=O)[C@H]2CCC[C@H](OC)C2)[C@H]1c1ccccc1. The van der Waals surface area contributed by atoms with Crippen LogP contribution in [0.1, 0.15) is 88.4 Å². The highest BCUT2D eigenvalue weighted by atomic mass is 16.5. The molecular weight excluding hydrogens is 540 g/mol. The number of carbonyl (C=O) groups is 2. The van der Waals surface area contributed by atoms with Gasteiger partial charge in [0.05, 0.1) is 19.3 Å². The Balaban J connectivity index is 1.39. The molecule has 0 spiro atoms. The number of aliphatic carboxylic acids is 1. The van der Waals surface area contributed by atoms with Gasteiger partial charge in [0.15, 0.2) is 0 Å². The molecule has 4 aliphatic carbocycles. The number of hydrogen-bond acceptors (Lipinski definition) is 5. The van der Waals surface area contributed by atoms with Crippen LogP contribution in [0.5, 0.6) is 5.75 Å². The van der Waals surface area contributed by atoms with Gasteiger partial charge in [-0.05, 0) is 72.5 Å². The van der Waals surface area contributed by atoms with E-state index in [9.17, 15) is 14.7 Å². The minimum absolute atomic E-state index is 0.0249. The van der Waals surface area contributed by atoms with Crippen LogP contribution in [0.3, 0.4) is 0 Å². The average Bonchev–Trinajstić information content (AvgIpc) is 3.31. The number of nitrogens with one attached hydrogen (secondary N) is 1. The first-order chi connectivity index (χ1) is 20.6. The molecule has 0 aromatic heterocycles. The van der Waals surface area contributed by atoms with E-state index in [1.165, 1.54) is 24.8 Å². The Morgan fingerprint density at radius 3 is 2.35 bits per heavy atom. The van der Waals surface area contributed by atoms with Crippen molar-refractivity contribution in [2.75, 3.05) is 14.2 Å². The third kappa shape index (κ3) is 5.37. The van der Waals surface area contributed by atoms with E-state index in [0.717, 1.165) is 42.1 Å². The first-order valence-electron chi connectivity index (χ1n) is 16.1. The summed E-state index contributed by atoms with van der Waals surface area (Å²) < 4.78 is 11.5. The summed E-state index contributed by atoms with van der Waals surface area (Å²) in [5.74, 6) is 0.135. The molecule has 1 amide bonds. The summed E-state index contributed by atoms with van der Waals surface area (Å²) in [7, 11) is 3.41. The molecule has 2 N–H and O–H groups in total. The highest BCUT2D eigenvalue weighted by molar-refractivity contribution is 5.87. The fraction of sp³-hybridized carbons (Fsp3) is 0.611. The summed E-state index contributed by atoms with van der Waals surface area (Å²) in [6, 6.07) is 14.9. The molecule has 1 heterocycles. The maximum absolute atomic E-state index is 14.5. The molecule has 232 valence electrons. The zero-order valence-corrected chi connectivity index (χ0v) is 26.3. The zero-order chi connectivity index (χ0) is 30.5. The average molecular weight is 589 g/mol. The van der Waals surface area contributed by atoms with Gasteiger partial charge < -0.3 is 24.8 Å². The number of methoxy groups -OCH3 is 2. The largest absolute Gasteiger partial charge is 0.496 e. The number of nitrogens with zero attached hydrogens (tertiary/aromatic N) is 1. The van der Waals surface area contributed by atoms with E-state index < -0.39 is 18.1 Å². The predicted molar refractivity (Wildman–Crippen MR) is 166 cm³/mol. The second-order valence-electron chi connectivity index (χ2n) is 14.7. The Labute approximate surface area is 256 Å². The first kappa shape index (κ1) is 30.1. The smallest absolute Gasteiger partial charge is 0.326 e.